The van der Waals surface area contributed by atoms with Gasteiger partial charge < -0.3 is 10.8 Å². The zero-order chi connectivity index (χ0) is 16.9. The van der Waals surface area contributed by atoms with Crippen LogP contribution in [-0.4, -0.2) is 42.5 Å². The number of carbonyl (C=O) groups is 1. The lowest BCUT2D eigenvalue weighted by molar-refractivity contribution is -0.138. The van der Waals surface area contributed by atoms with Gasteiger partial charge in [0.2, 0.25) is 11.6 Å². The molecule has 2 heterocycles. The van der Waals surface area contributed by atoms with Crippen molar-refractivity contribution in [3.8, 4) is 22.9 Å². The Kier molecular flexibility index (Phi) is 4.48. The highest BCUT2D eigenvalue weighted by atomic mass is 16.4. The van der Waals surface area contributed by atoms with Gasteiger partial charge in [-0.1, -0.05) is 30.3 Å². The van der Waals surface area contributed by atoms with Crippen LogP contribution >= 0.6 is 0 Å². The molecule has 1 aromatic carbocycles. The predicted molar refractivity (Wildman–Crippen MR) is 85.6 cm³/mol. The summed E-state index contributed by atoms with van der Waals surface area (Å²) < 4.78 is 0. The number of hydrogen-bond acceptors (Lipinski definition) is 7. The second kappa shape index (κ2) is 6.88. The third kappa shape index (κ3) is 3.55. The summed E-state index contributed by atoms with van der Waals surface area (Å²) in [5.74, 6) is -0.298. The van der Waals surface area contributed by atoms with Crippen molar-refractivity contribution in [1.29, 1.82) is 0 Å². The molecule has 3 aromatic rings. The number of aromatic nitrogens is 5. The topological polar surface area (TPSA) is 128 Å². The SMILES string of the molecule is NC(Cc1ccc(-c2nnc(-c3ccccn3)nn2)cc1)C(=O)O. The van der Waals surface area contributed by atoms with Crippen molar-refractivity contribution in [2.75, 3.05) is 0 Å². The first-order valence-electron chi connectivity index (χ1n) is 7.20. The fraction of sp³-hybridized carbons (Fsp3) is 0.125. The number of carboxylic acids is 1. The van der Waals surface area contributed by atoms with Crippen LogP contribution in [0.5, 0.6) is 0 Å². The van der Waals surface area contributed by atoms with Crippen molar-refractivity contribution >= 4 is 5.97 Å². The maximum atomic E-state index is 10.8. The van der Waals surface area contributed by atoms with Gasteiger partial charge in [0, 0.05) is 11.8 Å². The summed E-state index contributed by atoms with van der Waals surface area (Å²) in [7, 11) is 0. The molecule has 1 atom stereocenters. The fourth-order valence-electron chi connectivity index (χ4n) is 2.07. The van der Waals surface area contributed by atoms with Crippen molar-refractivity contribution < 1.29 is 9.90 Å². The van der Waals surface area contributed by atoms with E-state index in [0.717, 1.165) is 11.1 Å². The largest absolute Gasteiger partial charge is 0.480 e. The third-order valence-electron chi connectivity index (χ3n) is 3.36. The molecule has 0 aliphatic rings. The maximum Gasteiger partial charge on any atom is 0.320 e. The molecule has 3 N–H and O–H groups in total. The van der Waals surface area contributed by atoms with E-state index in [9.17, 15) is 4.79 Å². The van der Waals surface area contributed by atoms with Crippen LogP contribution in [0.15, 0.2) is 48.7 Å². The van der Waals surface area contributed by atoms with E-state index in [4.69, 9.17) is 10.8 Å². The third-order valence-corrected chi connectivity index (χ3v) is 3.36. The summed E-state index contributed by atoms with van der Waals surface area (Å²) in [5.41, 5.74) is 7.67. The molecule has 0 bridgehead atoms. The fourth-order valence-corrected chi connectivity index (χ4v) is 2.07. The maximum absolute atomic E-state index is 10.8. The van der Waals surface area contributed by atoms with Gasteiger partial charge in [0.05, 0.1) is 0 Å². The first-order chi connectivity index (χ1) is 11.6. The first-order valence-corrected chi connectivity index (χ1v) is 7.20. The Bertz CT molecular complexity index is 821. The lowest BCUT2D eigenvalue weighted by Crippen LogP contribution is -2.32. The van der Waals surface area contributed by atoms with Gasteiger partial charge in [-0.2, -0.15) is 0 Å². The summed E-state index contributed by atoms with van der Waals surface area (Å²) in [6, 6.07) is 11.6. The Balaban J connectivity index is 1.76. The number of pyridine rings is 1. The smallest absolute Gasteiger partial charge is 0.320 e. The standard InChI is InChI=1S/C16H14N6O2/c17-12(16(23)24)9-10-4-6-11(7-5-10)14-19-21-15(22-20-14)13-3-1-2-8-18-13/h1-8,12H,9,17H2,(H,23,24). The summed E-state index contributed by atoms with van der Waals surface area (Å²) in [5, 5.41) is 25.0. The van der Waals surface area contributed by atoms with E-state index in [1.54, 1.807) is 42.6 Å². The number of aliphatic carboxylic acids is 1. The van der Waals surface area contributed by atoms with Crippen LogP contribution in [0, 0.1) is 0 Å². The molecule has 120 valence electrons. The molecule has 1 unspecified atom stereocenters. The predicted octanol–water partition coefficient (Wildman–Crippen LogP) is 0.950. The zero-order valence-corrected chi connectivity index (χ0v) is 12.6. The van der Waals surface area contributed by atoms with E-state index in [0.29, 0.717) is 17.3 Å². The molecule has 0 amide bonds. The molecule has 0 saturated carbocycles. The molecule has 0 radical (unpaired) electrons. The first kappa shape index (κ1) is 15.6. The molecule has 24 heavy (non-hydrogen) atoms. The molecule has 3 rings (SSSR count). The van der Waals surface area contributed by atoms with Gasteiger partial charge in [0.15, 0.2) is 0 Å². The van der Waals surface area contributed by atoms with E-state index < -0.39 is 12.0 Å². The van der Waals surface area contributed by atoms with Crippen molar-refractivity contribution in [1.82, 2.24) is 25.4 Å². The lowest BCUT2D eigenvalue weighted by atomic mass is 10.0. The molecule has 0 aliphatic heterocycles. The average molecular weight is 322 g/mol. The molecule has 0 fully saturated rings. The van der Waals surface area contributed by atoms with Crippen molar-refractivity contribution in [3.05, 3.63) is 54.2 Å². The summed E-state index contributed by atoms with van der Waals surface area (Å²) in [4.78, 5) is 14.9. The highest BCUT2D eigenvalue weighted by molar-refractivity contribution is 5.73. The lowest BCUT2D eigenvalue weighted by Gasteiger charge is -2.06. The summed E-state index contributed by atoms with van der Waals surface area (Å²) >= 11 is 0. The zero-order valence-electron chi connectivity index (χ0n) is 12.6. The number of nitrogens with zero attached hydrogens (tertiary/aromatic N) is 5. The van der Waals surface area contributed by atoms with Gasteiger partial charge in [0.1, 0.15) is 11.7 Å². The van der Waals surface area contributed by atoms with Crippen LogP contribution in [0.1, 0.15) is 5.56 Å². The quantitative estimate of drug-likeness (QED) is 0.710. The molecule has 0 aliphatic carbocycles. The summed E-state index contributed by atoms with van der Waals surface area (Å²) in [6.45, 7) is 0. The van der Waals surface area contributed by atoms with Gasteiger partial charge in [-0.25, -0.2) is 0 Å². The van der Waals surface area contributed by atoms with E-state index in [1.807, 2.05) is 6.07 Å². The highest BCUT2D eigenvalue weighted by Crippen LogP contribution is 2.16. The average Bonchev–Trinajstić information content (AvgIpc) is 2.63. The molecule has 0 spiro atoms. The number of nitrogens with two attached hydrogens (primary N) is 1. The number of hydrogen-bond donors (Lipinski definition) is 2. The highest BCUT2D eigenvalue weighted by Gasteiger charge is 2.12. The van der Waals surface area contributed by atoms with Gasteiger partial charge in [-0.15, -0.1) is 20.4 Å². The monoisotopic (exact) mass is 322 g/mol. The summed E-state index contributed by atoms with van der Waals surface area (Å²) in [6.07, 6.45) is 1.90. The molecule has 8 nitrogen and oxygen atoms in total. The Labute approximate surface area is 137 Å². The van der Waals surface area contributed by atoms with E-state index >= 15 is 0 Å². The van der Waals surface area contributed by atoms with E-state index in [-0.39, 0.29) is 6.42 Å². The Morgan fingerprint density at radius 2 is 1.67 bits per heavy atom. The minimum absolute atomic E-state index is 0.256. The molecule has 8 heteroatoms. The van der Waals surface area contributed by atoms with Crippen LogP contribution in [0.3, 0.4) is 0 Å². The van der Waals surface area contributed by atoms with E-state index in [2.05, 4.69) is 25.4 Å². The van der Waals surface area contributed by atoms with Gasteiger partial charge in [-0.05, 0) is 24.1 Å². The molecular weight excluding hydrogens is 308 g/mol. The van der Waals surface area contributed by atoms with Crippen molar-refractivity contribution in [2.24, 2.45) is 5.73 Å². The van der Waals surface area contributed by atoms with Crippen LogP contribution in [0.2, 0.25) is 0 Å². The molecular formula is C16H14N6O2. The number of benzene rings is 1. The Morgan fingerprint density at radius 1 is 1.00 bits per heavy atom. The minimum Gasteiger partial charge on any atom is -0.480 e. The Morgan fingerprint density at radius 3 is 2.25 bits per heavy atom. The molecule has 0 saturated heterocycles. The van der Waals surface area contributed by atoms with Crippen LogP contribution in [0.25, 0.3) is 22.9 Å². The second-order valence-corrected chi connectivity index (χ2v) is 5.11. The minimum atomic E-state index is -1.03. The van der Waals surface area contributed by atoms with Crippen LogP contribution in [-0.2, 0) is 11.2 Å². The normalized spacial score (nSPS) is 11.9. The van der Waals surface area contributed by atoms with Gasteiger partial charge >= 0.3 is 5.97 Å². The Hall–Kier alpha value is -3.26. The van der Waals surface area contributed by atoms with E-state index in [1.165, 1.54) is 0 Å². The van der Waals surface area contributed by atoms with Crippen LogP contribution < -0.4 is 5.73 Å². The second-order valence-electron chi connectivity index (χ2n) is 5.11. The van der Waals surface area contributed by atoms with Crippen molar-refractivity contribution in [2.45, 2.75) is 12.5 Å². The van der Waals surface area contributed by atoms with Gasteiger partial charge in [-0.3, -0.25) is 9.78 Å². The van der Waals surface area contributed by atoms with Crippen LogP contribution in [0.4, 0.5) is 0 Å². The van der Waals surface area contributed by atoms with Gasteiger partial charge in [0.25, 0.3) is 0 Å². The molecule has 2 aromatic heterocycles. The number of carboxylic acid groups (broad SMARTS) is 1. The van der Waals surface area contributed by atoms with Crippen molar-refractivity contribution in [3.63, 3.8) is 0 Å². The number of rotatable bonds is 5.